The molecule has 162 valence electrons. The van der Waals surface area contributed by atoms with Crippen molar-refractivity contribution in [2.45, 2.75) is 32.9 Å². The molecular formula is C20H25N3O6S. The van der Waals surface area contributed by atoms with Crippen molar-refractivity contribution in [2.75, 3.05) is 17.7 Å². The monoisotopic (exact) mass is 435 g/mol. The number of benzene rings is 2. The van der Waals surface area contributed by atoms with E-state index in [1.165, 1.54) is 19.2 Å². The Morgan fingerprint density at radius 3 is 2.50 bits per heavy atom. The van der Waals surface area contributed by atoms with Gasteiger partial charge < -0.3 is 10.1 Å². The molecule has 0 saturated carbocycles. The summed E-state index contributed by atoms with van der Waals surface area (Å²) in [6.45, 7) is 3.82. The lowest BCUT2D eigenvalue weighted by Crippen LogP contribution is -2.49. The van der Waals surface area contributed by atoms with Crippen molar-refractivity contribution < 1.29 is 22.9 Å². The van der Waals surface area contributed by atoms with Crippen molar-refractivity contribution in [2.24, 2.45) is 0 Å². The Bertz CT molecular complexity index is 1040. The van der Waals surface area contributed by atoms with Gasteiger partial charge in [0.15, 0.2) is 0 Å². The minimum atomic E-state index is -3.97. The number of nitro benzene ring substituents is 1. The number of nitrogens with zero attached hydrogens (tertiary/aromatic N) is 2. The molecule has 1 unspecified atom stereocenters. The lowest BCUT2D eigenvalue weighted by atomic mass is 10.1. The van der Waals surface area contributed by atoms with Crippen LogP contribution in [0.4, 0.5) is 11.4 Å². The number of hydrogen-bond donors (Lipinski definition) is 1. The normalized spacial score (nSPS) is 12.1. The zero-order valence-electron chi connectivity index (χ0n) is 17.3. The van der Waals surface area contributed by atoms with E-state index in [0.717, 1.165) is 27.8 Å². The number of ether oxygens (including phenoxy) is 1. The van der Waals surface area contributed by atoms with Crippen LogP contribution in [0.2, 0.25) is 0 Å². The number of sulfonamides is 1. The molecule has 0 aromatic heterocycles. The number of non-ortho nitro benzene ring substituents is 1. The summed E-state index contributed by atoms with van der Waals surface area (Å²) >= 11 is 0. The fourth-order valence-electron chi connectivity index (χ4n) is 3.13. The first kappa shape index (κ1) is 23.1. The minimum absolute atomic E-state index is 0.0632. The Hall–Kier alpha value is -3.14. The smallest absolute Gasteiger partial charge is 0.271 e. The largest absolute Gasteiger partial charge is 0.495 e. The van der Waals surface area contributed by atoms with Gasteiger partial charge in [0.05, 0.1) is 18.3 Å². The van der Waals surface area contributed by atoms with Gasteiger partial charge in [-0.3, -0.25) is 19.2 Å². The van der Waals surface area contributed by atoms with Crippen molar-refractivity contribution in [3.05, 3.63) is 63.7 Å². The quantitative estimate of drug-likeness (QED) is 0.478. The van der Waals surface area contributed by atoms with Crippen LogP contribution in [0.25, 0.3) is 0 Å². The summed E-state index contributed by atoms with van der Waals surface area (Å²) in [4.78, 5) is 23.5. The maximum atomic E-state index is 12.9. The lowest BCUT2D eigenvalue weighted by Gasteiger charge is -2.31. The number of nitrogens with one attached hydrogen (secondary N) is 1. The third-order valence-corrected chi connectivity index (χ3v) is 5.66. The SMILES string of the molecule is CCC(C(=O)NCc1cccc(C)c1)N(c1cc([N+](=O)[O-])ccc1OC)S(C)(=O)=O. The van der Waals surface area contributed by atoms with Crippen molar-refractivity contribution in [3.63, 3.8) is 0 Å². The van der Waals surface area contributed by atoms with Crippen molar-refractivity contribution in [1.82, 2.24) is 5.32 Å². The molecule has 0 aliphatic carbocycles. The third-order valence-electron chi connectivity index (χ3n) is 4.49. The van der Waals surface area contributed by atoms with E-state index in [1.54, 1.807) is 6.92 Å². The minimum Gasteiger partial charge on any atom is -0.495 e. The number of methoxy groups -OCH3 is 1. The Balaban J connectivity index is 2.43. The lowest BCUT2D eigenvalue weighted by molar-refractivity contribution is -0.384. The zero-order chi connectivity index (χ0) is 22.5. The molecule has 0 aliphatic rings. The van der Waals surface area contributed by atoms with Crippen LogP contribution in [0, 0.1) is 17.0 Å². The number of nitro groups is 1. The standard InChI is InChI=1S/C20H25N3O6S/c1-5-17(20(24)21-13-15-8-6-7-14(2)11-15)22(30(4,27)28)18-12-16(23(25)26)9-10-19(18)29-3/h6-12,17H,5,13H2,1-4H3,(H,21,24). The summed E-state index contributed by atoms with van der Waals surface area (Å²) < 4.78 is 31.3. The van der Waals surface area contributed by atoms with Gasteiger partial charge in [0.25, 0.3) is 5.69 Å². The summed E-state index contributed by atoms with van der Waals surface area (Å²) in [5, 5.41) is 14.0. The number of anilines is 1. The van der Waals surface area contributed by atoms with Gasteiger partial charge in [0.2, 0.25) is 15.9 Å². The van der Waals surface area contributed by atoms with E-state index < -0.39 is 26.9 Å². The molecule has 2 aromatic carbocycles. The Kier molecular flexibility index (Phi) is 7.38. The first-order valence-corrected chi connectivity index (χ1v) is 11.1. The van der Waals surface area contributed by atoms with Crippen molar-refractivity contribution in [1.29, 1.82) is 0 Å². The molecule has 1 amide bonds. The second-order valence-corrected chi connectivity index (χ2v) is 8.66. The number of carbonyl (C=O) groups excluding carboxylic acids is 1. The molecule has 0 heterocycles. The topological polar surface area (TPSA) is 119 Å². The van der Waals surface area contributed by atoms with E-state index >= 15 is 0 Å². The van der Waals surface area contributed by atoms with Gasteiger partial charge in [-0.25, -0.2) is 8.42 Å². The molecule has 0 saturated heterocycles. The Labute approximate surface area is 175 Å². The van der Waals surface area contributed by atoms with Crippen LogP contribution < -0.4 is 14.4 Å². The van der Waals surface area contributed by atoms with E-state index in [9.17, 15) is 23.3 Å². The zero-order valence-corrected chi connectivity index (χ0v) is 18.1. The van der Waals surface area contributed by atoms with E-state index in [1.807, 2.05) is 31.2 Å². The van der Waals surface area contributed by atoms with Crippen LogP contribution in [0.3, 0.4) is 0 Å². The highest BCUT2D eigenvalue weighted by Crippen LogP contribution is 2.35. The molecular weight excluding hydrogens is 410 g/mol. The molecule has 2 rings (SSSR count). The molecule has 0 spiro atoms. The number of amides is 1. The van der Waals surface area contributed by atoms with Crippen LogP contribution >= 0.6 is 0 Å². The van der Waals surface area contributed by atoms with Gasteiger partial charge in [-0.2, -0.15) is 0 Å². The van der Waals surface area contributed by atoms with Crippen molar-refractivity contribution in [3.8, 4) is 5.75 Å². The maximum absolute atomic E-state index is 12.9. The average Bonchev–Trinajstić information content (AvgIpc) is 2.68. The number of hydrogen-bond acceptors (Lipinski definition) is 6. The van der Waals surface area contributed by atoms with Gasteiger partial charge in [0, 0.05) is 18.7 Å². The summed E-state index contributed by atoms with van der Waals surface area (Å²) in [6, 6.07) is 10.1. The summed E-state index contributed by atoms with van der Waals surface area (Å²) in [6.07, 6.45) is 1.10. The van der Waals surface area contributed by atoms with Crippen LogP contribution in [-0.2, 0) is 21.4 Å². The molecule has 0 bridgehead atoms. The molecule has 0 aliphatic heterocycles. The third kappa shape index (κ3) is 5.47. The van der Waals surface area contributed by atoms with E-state index in [2.05, 4.69) is 5.32 Å². The second-order valence-electron chi connectivity index (χ2n) is 6.80. The summed E-state index contributed by atoms with van der Waals surface area (Å²) in [7, 11) is -2.65. The van der Waals surface area contributed by atoms with Crippen LogP contribution in [0.15, 0.2) is 42.5 Å². The first-order valence-electron chi connectivity index (χ1n) is 9.23. The molecule has 10 heteroatoms. The van der Waals surface area contributed by atoms with Crippen molar-refractivity contribution >= 4 is 27.3 Å². The van der Waals surface area contributed by atoms with E-state index in [-0.39, 0.29) is 30.1 Å². The van der Waals surface area contributed by atoms with Gasteiger partial charge in [-0.05, 0) is 25.0 Å². The summed E-state index contributed by atoms with van der Waals surface area (Å²) in [5.41, 5.74) is 1.53. The highest BCUT2D eigenvalue weighted by molar-refractivity contribution is 7.92. The van der Waals surface area contributed by atoms with Gasteiger partial charge in [0.1, 0.15) is 17.5 Å². The predicted molar refractivity (Wildman–Crippen MR) is 114 cm³/mol. The molecule has 0 radical (unpaired) electrons. The predicted octanol–water partition coefficient (Wildman–Crippen LogP) is 2.77. The Morgan fingerprint density at radius 1 is 1.27 bits per heavy atom. The molecule has 0 fully saturated rings. The molecule has 9 nitrogen and oxygen atoms in total. The van der Waals surface area contributed by atoms with Crippen LogP contribution in [-0.4, -0.2) is 38.7 Å². The average molecular weight is 436 g/mol. The number of rotatable bonds is 9. The van der Waals surface area contributed by atoms with Gasteiger partial charge >= 0.3 is 0 Å². The first-order chi connectivity index (χ1) is 14.1. The highest BCUT2D eigenvalue weighted by atomic mass is 32.2. The van der Waals surface area contributed by atoms with E-state index in [0.29, 0.717) is 0 Å². The molecule has 1 atom stereocenters. The molecule has 30 heavy (non-hydrogen) atoms. The maximum Gasteiger partial charge on any atom is 0.271 e. The highest BCUT2D eigenvalue weighted by Gasteiger charge is 2.34. The molecule has 1 N–H and O–H groups in total. The fraction of sp³-hybridized carbons (Fsp3) is 0.350. The van der Waals surface area contributed by atoms with E-state index in [4.69, 9.17) is 4.74 Å². The van der Waals surface area contributed by atoms with Gasteiger partial charge in [-0.1, -0.05) is 36.8 Å². The Morgan fingerprint density at radius 2 is 1.97 bits per heavy atom. The van der Waals surface area contributed by atoms with Gasteiger partial charge in [-0.15, -0.1) is 0 Å². The van der Waals surface area contributed by atoms with Crippen LogP contribution in [0.1, 0.15) is 24.5 Å². The summed E-state index contributed by atoms with van der Waals surface area (Å²) in [5.74, 6) is -0.408. The van der Waals surface area contributed by atoms with Crippen LogP contribution in [0.5, 0.6) is 5.75 Å². The fourth-order valence-corrected chi connectivity index (χ4v) is 4.34. The molecule has 2 aromatic rings. The second kappa shape index (κ2) is 9.57. The number of carbonyl (C=O) groups is 1. The number of aryl methyl sites for hydroxylation is 1.